The van der Waals surface area contributed by atoms with Crippen LogP contribution in [0.2, 0.25) is 0 Å². The third-order valence-electron chi connectivity index (χ3n) is 2.82. The fourth-order valence-electron chi connectivity index (χ4n) is 2.02. The topological polar surface area (TPSA) is 49.4 Å². The minimum absolute atomic E-state index is 0.0667. The molecule has 4 heteroatoms. The lowest BCUT2D eigenvalue weighted by molar-refractivity contribution is -0.147. The Morgan fingerprint density at radius 3 is 2.75 bits per heavy atom. The van der Waals surface area contributed by atoms with Gasteiger partial charge in [0, 0.05) is 0 Å². The average molecular weight is 222 g/mol. The molecule has 0 aromatic carbocycles. The van der Waals surface area contributed by atoms with Gasteiger partial charge in [-0.3, -0.25) is 9.59 Å². The van der Waals surface area contributed by atoms with Gasteiger partial charge in [0.2, 0.25) is 11.8 Å². The fraction of sp³-hybridized carbons (Fsp3) is 0.667. The average Bonchev–Trinajstić information content (AvgIpc) is 2.29. The molecule has 0 aromatic heterocycles. The van der Waals surface area contributed by atoms with Gasteiger partial charge in [-0.05, 0) is 12.8 Å². The van der Waals surface area contributed by atoms with Crippen LogP contribution in [0.4, 0.5) is 0 Å². The number of nitrogens with zero attached hydrogens (tertiary/aromatic N) is 1. The highest BCUT2D eigenvalue weighted by Crippen LogP contribution is 2.16. The van der Waals surface area contributed by atoms with E-state index in [-0.39, 0.29) is 24.4 Å². The van der Waals surface area contributed by atoms with E-state index in [1.54, 1.807) is 4.90 Å². The first kappa shape index (κ1) is 12.6. The molecule has 88 valence electrons. The summed E-state index contributed by atoms with van der Waals surface area (Å²) in [5.74, 6) is 2.43. The maximum atomic E-state index is 11.8. The molecule has 1 aliphatic rings. The Bertz CT molecular complexity index is 319. The molecule has 0 radical (unpaired) electrons. The standard InChI is InChI=1S/C12H18N2O2/c1-4-7-9(5-2)14-10(6-3)12(16)13-8-11(14)15/h2,9-10H,4,6-8H2,1,3H3,(H,13,16). The van der Waals surface area contributed by atoms with Crippen molar-refractivity contribution in [1.82, 2.24) is 10.2 Å². The highest BCUT2D eigenvalue weighted by Gasteiger charge is 2.36. The van der Waals surface area contributed by atoms with Crippen LogP contribution in [0.3, 0.4) is 0 Å². The summed E-state index contributed by atoms with van der Waals surface area (Å²) in [6.07, 6.45) is 7.68. The Morgan fingerprint density at radius 2 is 2.25 bits per heavy atom. The van der Waals surface area contributed by atoms with E-state index in [2.05, 4.69) is 11.2 Å². The highest BCUT2D eigenvalue weighted by molar-refractivity contribution is 5.95. The first-order chi connectivity index (χ1) is 7.65. The molecule has 0 aromatic rings. The van der Waals surface area contributed by atoms with Crippen molar-refractivity contribution >= 4 is 11.8 Å². The minimum atomic E-state index is -0.408. The first-order valence-corrected chi connectivity index (χ1v) is 5.70. The summed E-state index contributed by atoms with van der Waals surface area (Å²) in [6, 6.07) is -0.664. The SMILES string of the molecule is C#CC(CCC)N1C(=O)CNC(=O)C1CC. The molecular formula is C12H18N2O2. The first-order valence-electron chi connectivity index (χ1n) is 5.70. The molecule has 4 nitrogen and oxygen atoms in total. The van der Waals surface area contributed by atoms with Crippen molar-refractivity contribution in [2.45, 2.75) is 45.2 Å². The Balaban J connectivity index is 2.90. The highest BCUT2D eigenvalue weighted by atomic mass is 16.2. The Morgan fingerprint density at radius 1 is 1.56 bits per heavy atom. The van der Waals surface area contributed by atoms with Crippen LogP contribution in [0.15, 0.2) is 0 Å². The van der Waals surface area contributed by atoms with E-state index in [0.717, 1.165) is 12.8 Å². The van der Waals surface area contributed by atoms with E-state index in [1.165, 1.54) is 0 Å². The molecule has 1 aliphatic heterocycles. The maximum Gasteiger partial charge on any atom is 0.243 e. The van der Waals surface area contributed by atoms with Crippen molar-refractivity contribution in [3.05, 3.63) is 0 Å². The van der Waals surface area contributed by atoms with Crippen LogP contribution >= 0.6 is 0 Å². The molecule has 1 heterocycles. The van der Waals surface area contributed by atoms with E-state index in [4.69, 9.17) is 6.42 Å². The normalized spacial score (nSPS) is 22.6. The van der Waals surface area contributed by atoms with E-state index >= 15 is 0 Å². The summed E-state index contributed by atoms with van der Waals surface area (Å²) in [4.78, 5) is 25.0. The lowest BCUT2D eigenvalue weighted by Crippen LogP contribution is -2.61. The molecule has 16 heavy (non-hydrogen) atoms. The van der Waals surface area contributed by atoms with Gasteiger partial charge < -0.3 is 10.2 Å². The zero-order valence-corrected chi connectivity index (χ0v) is 9.82. The van der Waals surface area contributed by atoms with Gasteiger partial charge in [-0.2, -0.15) is 0 Å². The quantitative estimate of drug-likeness (QED) is 0.705. The van der Waals surface area contributed by atoms with Crippen molar-refractivity contribution < 1.29 is 9.59 Å². The molecular weight excluding hydrogens is 204 g/mol. The third-order valence-corrected chi connectivity index (χ3v) is 2.82. The van der Waals surface area contributed by atoms with Crippen LogP contribution in [0.1, 0.15) is 33.1 Å². The maximum absolute atomic E-state index is 11.8. The van der Waals surface area contributed by atoms with Crippen LogP contribution in [0.5, 0.6) is 0 Å². The second-order valence-corrected chi connectivity index (χ2v) is 3.91. The number of nitrogens with one attached hydrogen (secondary N) is 1. The van der Waals surface area contributed by atoms with Gasteiger partial charge >= 0.3 is 0 Å². The van der Waals surface area contributed by atoms with Crippen LogP contribution < -0.4 is 5.32 Å². The molecule has 0 bridgehead atoms. The lowest BCUT2D eigenvalue weighted by atomic mass is 10.0. The number of hydrogen-bond acceptors (Lipinski definition) is 2. The molecule has 2 unspecified atom stereocenters. The second kappa shape index (κ2) is 5.55. The zero-order chi connectivity index (χ0) is 12.1. The van der Waals surface area contributed by atoms with Gasteiger partial charge in [-0.1, -0.05) is 26.2 Å². The molecule has 1 fully saturated rings. The number of terminal acetylenes is 1. The summed E-state index contributed by atoms with van der Waals surface area (Å²) >= 11 is 0. The summed E-state index contributed by atoms with van der Waals surface area (Å²) in [7, 11) is 0. The Hall–Kier alpha value is -1.50. The number of hydrogen-bond donors (Lipinski definition) is 1. The van der Waals surface area contributed by atoms with E-state index in [9.17, 15) is 9.59 Å². The largest absolute Gasteiger partial charge is 0.345 e. The molecule has 2 atom stereocenters. The van der Waals surface area contributed by atoms with Gasteiger partial charge in [0.15, 0.2) is 0 Å². The predicted molar refractivity (Wildman–Crippen MR) is 61.5 cm³/mol. The van der Waals surface area contributed by atoms with E-state index in [1.807, 2.05) is 13.8 Å². The van der Waals surface area contributed by atoms with Gasteiger partial charge in [-0.25, -0.2) is 0 Å². The van der Waals surface area contributed by atoms with E-state index in [0.29, 0.717) is 6.42 Å². The fourth-order valence-corrected chi connectivity index (χ4v) is 2.02. The Kier molecular flexibility index (Phi) is 4.36. The van der Waals surface area contributed by atoms with Crippen molar-refractivity contribution in [2.24, 2.45) is 0 Å². The summed E-state index contributed by atoms with van der Waals surface area (Å²) in [5, 5.41) is 2.59. The van der Waals surface area contributed by atoms with E-state index < -0.39 is 6.04 Å². The molecule has 2 amide bonds. The number of amides is 2. The van der Waals surface area contributed by atoms with Crippen LogP contribution in [-0.4, -0.2) is 35.3 Å². The van der Waals surface area contributed by atoms with Gasteiger partial charge in [-0.15, -0.1) is 6.42 Å². The summed E-state index contributed by atoms with van der Waals surface area (Å²) < 4.78 is 0. The van der Waals surface area contributed by atoms with Crippen LogP contribution in [0, 0.1) is 12.3 Å². The minimum Gasteiger partial charge on any atom is -0.345 e. The number of carbonyl (C=O) groups is 2. The van der Waals surface area contributed by atoms with Crippen molar-refractivity contribution in [2.75, 3.05) is 6.54 Å². The molecule has 0 saturated carbocycles. The van der Waals surface area contributed by atoms with Gasteiger partial charge in [0.1, 0.15) is 6.04 Å². The second-order valence-electron chi connectivity index (χ2n) is 3.91. The third kappa shape index (κ3) is 2.35. The number of carbonyl (C=O) groups excluding carboxylic acids is 2. The number of piperazine rings is 1. The zero-order valence-electron chi connectivity index (χ0n) is 9.82. The van der Waals surface area contributed by atoms with Crippen LogP contribution in [-0.2, 0) is 9.59 Å². The lowest BCUT2D eigenvalue weighted by Gasteiger charge is -2.38. The Labute approximate surface area is 96.4 Å². The summed E-state index contributed by atoms with van der Waals surface area (Å²) in [5.41, 5.74) is 0. The smallest absolute Gasteiger partial charge is 0.243 e. The molecule has 1 saturated heterocycles. The molecule has 1 N–H and O–H groups in total. The van der Waals surface area contributed by atoms with Gasteiger partial charge in [0.25, 0.3) is 0 Å². The predicted octanol–water partition coefficient (Wildman–Crippen LogP) is 0.525. The molecule has 0 aliphatic carbocycles. The molecule has 1 rings (SSSR count). The van der Waals surface area contributed by atoms with Crippen molar-refractivity contribution in [3.63, 3.8) is 0 Å². The molecule has 0 spiro atoms. The van der Waals surface area contributed by atoms with Gasteiger partial charge in [0.05, 0.1) is 12.6 Å². The monoisotopic (exact) mass is 222 g/mol. The van der Waals surface area contributed by atoms with Crippen molar-refractivity contribution in [1.29, 1.82) is 0 Å². The van der Waals surface area contributed by atoms with Crippen LogP contribution in [0.25, 0.3) is 0 Å². The number of rotatable bonds is 4. The summed E-state index contributed by atoms with van der Waals surface area (Å²) in [6.45, 7) is 3.96. The van der Waals surface area contributed by atoms with Crippen molar-refractivity contribution in [3.8, 4) is 12.3 Å².